The normalized spacial score (nSPS) is 22.0. The highest BCUT2D eigenvalue weighted by Crippen LogP contribution is 2.45. The highest BCUT2D eigenvalue weighted by molar-refractivity contribution is 5.83. The molecule has 3 heterocycles. The fraction of sp³-hybridized carbons (Fsp3) is 0.483. The lowest BCUT2D eigenvalue weighted by molar-refractivity contribution is -0.133. The predicted molar refractivity (Wildman–Crippen MR) is 143 cm³/mol. The van der Waals surface area contributed by atoms with Crippen molar-refractivity contribution in [1.29, 1.82) is 0 Å². The van der Waals surface area contributed by atoms with Gasteiger partial charge >= 0.3 is 0 Å². The molecule has 5 rings (SSSR count). The van der Waals surface area contributed by atoms with Gasteiger partial charge in [-0.2, -0.15) is 0 Å². The molecule has 2 saturated heterocycles. The second-order valence-corrected chi connectivity index (χ2v) is 10.4. The van der Waals surface area contributed by atoms with Crippen molar-refractivity contribution in [2.75, 3.05) is 18.5 Å². The summed E-state index contributed by atoms with van der Waals surface area (Å²) in [6.07, 6.45) is 5.45. The van der Waals surface area contributed by atoms with Crippen LogP contribution in [-0.4, -0.2) is 51.9 Å². The average Bonchev–Trinajstić information content (AvgIpc) is 3.34. The smallest absolute Gasteiger partial charge is 0.240 e. The van der Waals surface area contributed by atoms with Crippen molar-refractivity contribution in [3.63, 3.8) is 0 Å². The molecule has 36 heavy (non-hydrogen) atoms. The summed E-state index contributed by atoms with van der Waals surface area (Å²) in [6.45, 7) is 5.76. The minimum absolute atomic E-state index is 0.0749. The number of benzene rings is 2. The number of imidazole rings is 1. The SMILES string of the molecule is CC[C@H](NC(=O)CN(C)C(C)=O)c1cccc(N2[C@@H]3CC[C@H]2CC(n2c(C)nc4ccccc42)C3)c1. The molecule has 2 bridgehead atoms. The van der Waals surface area contributed by atoms with Crippen molar-refractivity contribution in [2.24, 2.45) is 0 Å². The van der Waals surface area contributed by atoms with Gasteiger partial charge in [-0.1, -0.05) is 31.2 Å². The minimum atomic E-state index is -0.131. The zero-order valence-electron chi connectivity index (χ0n) is 21.8. The van der Waals surface area contributed by atoms with Crippen molar-refractivity contribution >= 4 is 28.5 Å². The molecular weight excluding hydrogens is 450 g/mol. The highest BCUT2D eigenvalue weighted by Gasteiger charge is 2.42. The molecule has 2 aliphatic rings. The molecule has 2 fully saturated rings. The van der Waals surface area contributed by atoms with Crippen molar-refractivity contribution in [1.82, 2.24) is 19.8 Å². The molecular formula is C29H37N5O2. The Morgan fingerprint density at radius 2 is 1.81 bits per heavy atom. The highest BCUT2D eigenvalue weighted by atomic mass is 16.2. The number of piperidine rings is 1. The first kappa shape index (κ1) is 24.3. The summed E-state index contributed by atoms with van der Waals surface area (Å²) >= 11 is 0. The van der Waals surface area contributed by atoms with Crippen LogP contribution in [0.3, 0.4) is 0 Å². The number of hydrogen-bond donors (Lipinski definition) is 1. The van der Waals surface area contributed by atoms with Crippen LogP contribution in [0.5, 0.6) is 0 Å². The number of aryl methyl sites for hydroxylation is 1. The number of likely N-dealkylation sites (N-methyl/N-ethyl adjacent to an activating group) is 1. The number of fused-ring (bicyclic) bond motifs is 3. The molecule has 7 nitrogen and oxygen atoms in total. The lowest BCUT2D eigenvalue weighted by Crippen LogP contribution is -2.43. The number of carbonyl (C=O) groups is 2. The number of aromatic nitrogens is 2. The van der Waals surface area contributed by atoms with Gasteiger partial charge in [0.15, 0.2) is 0 Å². The van der Waals surface area contributed by atoms with Crippen LogP contribution in [-0.2, 0) is 9.59 Å². The maximum absolute atomic E-state index is 12.5. The number of rotatable bonds is 7. The van der Waals surface area contributed by atoms with Crippen LogP contribution in [0.25, 0.3) is 11.0 Å². The van der Waals surface area contributed by atoms with E-state index in [-0.39, 0.29) is 24.4 Å². The van der Waals surface area contributed by atoms with Gasteiger partial charge in [-0.25, -0.2) is 4.98 Å². The van der Waals surface area contributed by atoms with E-state index in [1.807, 2.05) is 0 Å². The first-order valence-electron chi connectivity index (χ1n) is 13.2. The van der Waals surface area contributed by atoms with Gasteiger partial charge in [0.2, 0.25) is 11.8 Å². The van der Waals surface area contributed by atoms with Crippen LogP contribution in [0.1, 0.15) is 69.4 Å². The maximum Gasteiger partial charge on any atom is 0.240 e. The van der Waals surface area contributed by atoms with E-state index in [1.165, 1.54) is 35.9 Å². The molecule has 2 amide bonds. The summed E-state index contributed by atoms with van der Waals surface area (Å²) in [5.74, 6) is 0.861. The molecule has 1 N–H and O–H groups in total. The van der Waals surface area contributed by atoms with Gasteiger partial charge < -0.3 is 19.7 Å². The van der Waals surface area contributed by atoms with E-state index >= 15 is 0 Å². The van der Waals surface area contributed by atoms with Crippen LogP contribution >= 0.6 is 0 Å². The van der Waals surface area contributed by atoms with Gasteiger partial charge in [0.05, 0.1) is 23.6 Å². The predicted octanol–water partition coefficient (Wildman–Crippen LogP) is 4.76. The minimum Gasteiger partial charge on any atom is -0.365 e. The summed E-state index contributed by atoms with van der Waals surface area (Å²) < 4.78 is 2.47. The lowest BCUT2D eigenvalue weighted by atomic mass is 9.95. The van der Waals surface area contributed by atoms with E-state index < -0.39 is 0 Å². The number of para-hydroxylation sites is 2. The molecule has 2 aromatic carbocycles. The second-order valence-electron chi connectivity index (χ2n) is 10.4. The van der Waals surface area contributed by atoms with Gasteiger partial charge in [0, 0.05) is 37.8 Å². The first-order chi connectivity index (χ1) is 17.4. The topological polar surface area (TPSA) is 70.5 Å². The number of nitrogens with zero attached hydrogens (tertiary/aromatic N) is 4. The summed E-state index contributed by atoms with van der Waals surface area (Å²) in [4.78, 5) is 32.9. The molecule has 0 aliphatic carbocycles. The standard InChI is InChI=1S/C29H37N5O2/c1-5-26(31-29(36)18-32(4)20(3)35)21-9-8-10-22(15-21)34-23-13-14-24(34)17-25(16-23)33-19(2)30-27-11-6-7-12-28(27)33/h6-12,15,23-26H,5,13-14,16-18H2,1-4H3,(H,31,36)/t23-,24+,25?,26-/m0/s1. The Bertz CT molecular complexity index is 1250. The Balaban J connectivity index is 1.33. The number of anilines is 1. The summed E-state index contributed by atoms with van der Waals surface area (Å²) in [7, 11) is 1.65. The van der Waals surface area contributed by atoms with Crippen LogP contribution in [0.2, 0.25) is 0 Å². The van der Waals surface area contributed by atoms with Gasteiger partial charge in [-0.3, -0.25) is 9.59 Å². The van der Waals surface area contributed by atoms with Crippen LogP contribution < -0.4 is 10.2 Å². The number of amides is 2. The van der Waals surface area contributed by atoms with Crippen molar-refractivity contribution in [2.45, 2.75) is 77.0 Å². The average molecular weight is 488 g/mol. The monoisotopic (exact) mass is 487 g/mol. The lowest BCUT2D eigenvalue weighted by Gasteiger charge is -2.41. The van der Waals surface area contributed by atoms with Crippen molar-refractivity contribution in [3.05, 3.63) is 59.9 Å². The fourth-order valence-electron chi connectivity index (χ4n) is 6.30. The largest absolute Gasteiger partial charge is 0.365 e. The molecule has 7 heteroatoms. The number of hydrogen-bond acceptors (Lipinski definition) is 4. The molecule has 0 saturated carbocycles. The zero-order valence-corrected chi connectivity index (χ0v) is 21.8. The second kappa shape index (κ2) is 9.96. The number of carbonyl (C=O) groups excluding carboxylic acids is 2. The van der Waals surface area contributed by atoms with E-state index in [0.717, 1.165) is 36.2 Å². The fourth-order valence-corrected chi connectivity index (χ4v) is 6.30. The molecule has 0 radical (unpaired) electrons. The van der Waals surface area contributed by atoms with Gasteiger partial charge in [-0.05, 0) is 68.9 Å². The Labute approximate surface area is 213 Å². The third-order valence-electron chi connectivity index (χ3n) is 8.08. The molecule has 3 aromatic rings. The third-order valence-corrected chi connectivity index (χ3v) is 8.08. The zero-order chi connectivity index (χ0) is 25.4. The van der Waals surface area contributed by atoms with Crippen LogP contribution in [0.15, 0.2) is 48.5 Å². The molecule has 1 unspecified atom stereocenters. The molecule has 0 spiro atoms. The van der Waals surface area contributed by atoms with E-state index in [4.69, 9.17) is 4.98 Å². The Hall–Kier alpha value is -3.35. The van der Waals surface area contributed by atoms with Crippen molar-refractivity contribution in [3.8, 4) is 0 Å². The molecule has 4 atom stereocenters. The van der Waals surface area contributed by atoms with Gasteiger partial charge in [-0.15, -0.1) is 0 Å². The van der Waals surface area contributed by atoms with Gasteiger partial charge in [0.25, 0.3) is 0 Å². The summed E-state index contributed by atoms with van der Waals surface area (Å²) in [6, 6.07) is 18.5. The third kappa shape index (κ3) is 4.59. The Kier molecular flexibility index (Phi) is 6.73. The molecule has 1 aromatic heterocycles. The summed E-state index contributed by atoms with van der Waals surface area (Å²) in [5, 5.41) is 3.12. The van der Waals surface area contributed by atoms with Crippen LogP contribution in [0, 0.1) is 6.92 Å². The first-order valence-corrected chi connectivity index (χ1v) is 13.2. The molecule has 190 valence electrons. The Morgan fingerprint density at radius 1 is 1.08 bits per heavy atom. The Morgan fingerprint density at radius 3 is 2.50 bits per heavy atom. The maximum atomic E-state index is 12.5. The van der Waals surface area contributed by atoms with Crippen molar-refractivity contribution < 1.29 is 9.59 Å². The molecule has 2 aliphatic heterocycles. The quantitative estimate of drug-likeness (QED) is 0.522. The van der Waals surface area contributed by atoms with E-state index in [2.05, 4.69) is 77.2 Å². The van der Waals surface area contributed by atoms with E-state index in [9.17, 15) is 9.59 Å². The van der Waals surface area contributed by atoms with Crippen LogP contribution in [0.4, 0.5) is 5.69 Å². The van der Waals surface area contributed by atoms with Gasteiger partial charge in [0.1, 0.15) is 5.82 Å². The summed E-state index contributed by atoms with van der Waals surface area (Å²) in [5.41, 5.74) is 4.69. The van der Waals surface area contributed by atoms with E-state index in [1.54, 1.807) is 7.05 Å². The number of nitrogens with one attached hydrogen (secondary N) is 1. The van der Waals surface area contributed by atoms with E-state index in [0.29, 0.717) is 18.1 Å².